The highest BCUT2D eigenvalue weighted by atomic mass is 16.1. The Morgan fingerprint density at radius 3 is 1.35 bits per heavy atom. The minimum absolute atomic E-state index is 0.0485. The highest BCUT2D eigenvalue weighted by Gasteiger charge is 2.09. The number of fused-ring (bicyclic) bond motifs is 2. The summed E-state index contributed by atoms with van der Waals surface area (Å²) in [5, 5.41) is 3.26. The molecule has 0 atom stereocenters. The predicted octanol–water partition coefficient (Wildman–Crippen LogP) is 4.64. The molecule has 0 N–H and O–H groups in total. The van der Waals surface area contributed by atoms with Crippen molar-refractivity contribution in [2.75, 3.05) is 0 Å². The van der Waals surface area contributed by atoms with Crippen LogP contribution in [0, 0.1) is 0 Å². The maximum Gasteiger partial charge on any atom is 0.194 e. The van der Waals surface area contributed by atoms with Crippen LogP contribution < -0.4 is 5.43 Å². The second-order valence-electron chi connectivity index (χ2n) is 4.66. The lowest BCUT2D eigenvalue weighted by molar-refractivity contribution is 1.74. The zero-order valence-electron chi connectivity index (χ0n) is 11.1. The Hall–Kier alpha value is -2.67. The van der Waals surface area contributed by atoms with Gasteiger partial charge in [0, 0.05) is 10.8 Å². The van der Waals surface area contributed by atoms with Crippen LogP contribution in [0.5, 0.6) is 0 Å². The van der Waals surface area contributed by atoms with E-state index in [1.807, 2.05) is 48.5 Å². The van der Waals surface area contributed by atoms with Gasteiger partial charge in [-0.1, -0.05) is 73.8 Å². The molecule has 0 bridgehead atoms. The standard InChI is InChI=1S/C19H14O/c1-3-13-14(4-2)16-10-6-8-12-18(16)19(20)17-11-7-5-9-15(13)17/h3-12H,1-2H2. The van der Waals surface area contributed by atoms with Crippen LogP contribution >= 0.6 is 0 Å². The van der Waals surface area contributed by atoms with E-state index in [9.17, 15) is 4.79 Å². The van der Waals surface area contributed by atoms with Crippen LogP contribution in [0.1, 0.15) is 11.1 Å². The second-order valence-corrected chi connectivity index (χ2v) is 4.66. The molecule has 1 nitrogen and oxygen atoms in total. The van der Waals surface area contributed by atoms with Crippen molar-refractivity contribution >= 4 is 33.7 Å². The highest BCUT2D eigenvalue weighted by Crippen LogP contribution is 2.27. The molecule has 0 saturated carbocycles. The molecule has 0 spiro atoms. The molecule has 0 radical (unpaired) electrons. The van der Waals surface area contributed by atoms with Crippen molar-refractivity contribution in [3.63, 3.8) is 0 Å². The molecule has 3 aromatic carbocycles. The summed E-state index contributed by atoms with van der Waals surface area (Å²) in [4.78, 5) is 12.8. The van der Waals surface area contributed by atoms with E-state index < -0.39 is 0 Å². The Bertz CT molecular complexity index is 831. The molecule has 3 aromatic rings. The van der Waals surface area contributed by atoms with Crippen molar-refractivity contribution in [1.82, 2.24) is 0 Å². The second kappa shape index (κ2) is 4.78. The third-order valence-corrected chi connectivity index (χ3v) is 3.62. The van der Waals surface area contributed by atoms with Crippen LogP contribution in [0.2, 0.25) is 0 Å². The maximum absolute atomic E-state index is 12.8. The van der Waals surface area contributed by atoms with Crippen LogP contribution in [-0.2, 0) is 0 Å². The third kappa shape index (κ3) is 1.68. The molecule has 0 aliphatic heterocycles. The number of rotatable bonds is 2. The first kappa shape index (κ1) is 12.4. The smallest absolute Gasteiger partial charge is 0.194 e. The SMILES string of the molecule is C=Cc1c(C=C)c2ccccc2c(=O)c2ccccc12. The van der Waals surface area contributed by atoms with E-state index >= 15 is 0 Å². The average molecular weight is 258 g/mol. The minimum Gasteiger partial charge on any atom is -0.289 e. The summed E-state index contributed by atoms with van der Waals surface area (Å²) in [7, 11) is 0. The van der Waals surface area contributed by atoms with Gasteiger partial charge in [0.25, 0.3) is 0 Å². The zero-order valence-corrected chi connectivity index (χ0v) is 11.1. The van der Waals surface area contributed by atoms with Gasteiger partial charge in [-0.05, 0) is 21.9 Å². The molecule has 3 rings (SSSR count). The van der Waals surface area contributed by atoms with E-state index in [0.29, 0.717) is 10.8 Å². The fourth-order valence-electron chi connectivity index (χ4n) is 2.71. The van der Waals surface area contributed by atoms with Gasteiger partial charge in [0.2, 0.25) is 0 Å². The third-order valence-electron chi connectivity index (χ3n) is 3.62. The predicted molar refractivity (Wildman–Crippen MR) is 87.9 cm³/mol. The van der Waals surface area contributed by atoms with Crippen molar-refractivity contribution < 1.29 is 0 Å². The molecule has 0 amide bonds. The topological polar surface area (TPSA) is 17.1 Å². The Labute approximate surface area is 117 Å². The molecule has 0 saturated heterocycles. The van der Waals surface area contributed by atoms with Crippen LogP contribution in [-0.4, -0.2) is 0 Å². The van der Waals surface area contributed by atoms with Crippen molar-refractivity contribution in [2.45, 2.75) is 0 Å². The van der Waals surface area contributed by atoms with Gasteiger partial charge >= 0.3 is 0 Å². The van der Waals surface area contributed by atoms with Crippen LogP contribution in [0.4, 0.5) is 0 Å². The molecule has 1 heteroatoms. The van der Waals surface area contributed by atoms with E-state index in [4.69, 9.17) is 0 Å². The molecule has 0 heterocycles. The monoisotopic (exact) mass is 258 g/mol. The van der Waals surface area contributed by atoms with Gasteiger partial charge in [-0.2, -0.15) is 0 Å². The fraction of sp³-hybridized carbons (Fsp3) is 0. The van der Waals surface area contributed by atoms with Crippen LogP contribution in [0.3, 0.4) is 0 Å². The quantitative estimate of drug-likeness (QED) is 0.654. The number of benzene rings is 2. The highest BCUT2D eigenvalue weighted by molar-refractivity contribution is 6.03. The van der Waals surface area contributed by atoms with Crippen molar-refractivity contribution in [3.8, 4) is 0 Å². The summed E-state index contributed by atoms with van der Waals surface area (Å²) < 4.78 is 0. The van der Waals surface area contributed by atoms with Gasteiger partial charge in [0.05, 0.1) is 0 Å². The van der Waals surface area contributed by atoms with E-state index in [0.717, 1.165) is 21.9 Å². The minimum atomic E-state index is 0.0485. The summed E-state index contributed by atoms with van der Waals surface area (Å²) in [5.74, 6) is 0. The summed E-state index contributed by atoms with van der Waals surface area (Å²) in [6.45, 7) is 7.81. The van der Waals surface area contributed by atoms with Crippen molar-refractivity contribution in [3.05, 3.63) is 83.0 Å². The largest absolute Gasteiger partial charge is 0.289 e. The Kier molecular flexibility index (Phi) is 2.96. The fourth-order valence-corrected chi connectivity index (χ4v) is 2.71. The lowest BCUT2D eigenvalue weighted by atomic mass is 10.0. The summed E-state index contributed by atoms with van der Waals surface area (Å²) in [5.41, 5.74) is 1.95. The Morgan fingerprint density at radius 1 is 0.650 bits per heavy atom. The molecule has 0 unspecified atom stereocenters. The Morgan fingerprint density at radius 2 is 1.00 bits per heavy atom. The molecular formula is C19H14O. The van der Waals surface area contributed by atoms with E-state index in [1.165, 1.54) is 0 Å². The maximum atomic E-state index is 12.8. The molecular weight excluding hydrogens is 244 g/mol. The molecule has 96 valence electrons. The van der Waals surface area contributed by atoms with E-state index in [2.05, 4.69) is 13.2 Å². The first-order valence-electron chi connectivity index (χ1n) is 6.50. The molecule has 20 heavy (non-hydrogen) atoms. The first-order chi connectivity index (χ1) is 9.77. The van der Waals surface area contributed by atoms with Gasteiger partial charge in [-0.15, -0.1) is 0 Å². The number of hydrogen-bond acceptors (Lipinski definition) is 1. The lowest BCUT2D eigenvalue weighted by Gasteiger charge is -2.02. The zero-order chi connectivity index (χ0) is 14.1. The van der Waals surface area contributed by atoms with Crippen LogP contribution in [0.25, 0.3) is 33.7 Å². The number of hydrogen-bond donors (Lipinski definition) is 0. The normalized spacial score (nSPS) is 10.6. The van der Waals surface area contributed by atoms with Crippen molar-refractivity contribution in [1.29, 1.82) is 0 Å². The molecule has 0 fully saturated rings. The summed E-state index contributed by atoms with van der Waals surface area (Å²) in [6.07, 6.45) is 3.59. The van der Waals surface area contributed by atoms with Crippen molar-refractivity contribution in [2.24, 2.45) is 0 Å². The van der Waals surface area contributed by atoms with Crippen LogP contribution in [0.15, 0.2) is 66.5 Å². The lowest BCUT2D eigenvalue weighted by Crippen LogP contribution is -1.97. The Balaban J connectivity index is 2.82. The molecule has 0 aliphatic rings. The average Bonchev–Trinajstić information content (AvgIpc) is 2.61. The molecule has 0 aromatic heterocycles. The molecule has 0 aliphatic carbocycles. The van der Waals surface area contributed by atoms with Gasteiger partial charge in [-0.25, -0.2) is 0 Å². The van der Waals surface area contributed by atoms with Gasteiger partial charge in [0.15, 0.2) is 5.43 Å². The van der Waals surface area contributed by atoms with E-state index in [1.54, 1.807) is 12.2 Å². The van der Waals surface area contributed by atoms with Gasteiger partial charge < -0.3 is 0 Å². The van der Waals surface area contributed by atoms with Gasteiger partial charge in [0.1, 0.15) is 0 Å². The van der Waals surface area contributed by atoms with Gasteiger partial charge in [-0.3, -0.25) is 4.79 Å². The van der Waals surface area contributed by atoms with E-state index in [-0.39, 0.29) is 5.43 Å². The first-order valence-corrected chi connectivity index (χ1v) is 6.50. The summed E-state index contributed by atoms with van der Waals surface area (Å²) in [6, 6.07) is 15.3. The summed E-state index contributed by atoms with van der Waals surface area (Å²) >= 11 is 0.